The Kier molecular flexibility index (Phi) is 16.8. The standard InChI is InChI=1S/C29H48ClN3S2/c1-3-4-5-6-7-8-9-10-11-12-13-14-15-16-17-18-22-31-29-33(24-25(2)35-29)28(34)32-27-21-19-20-26(30)23-27/h19-21,23,25H,3-18,22,24H2,1-2H3,(H,32,34). The molecule has 198 valence electrons. The van der Waals surface area contributed by atoms with Crippen LogP contribution in [0.3, 0.4) is 0 Å². The van der Waals surface area contributed by atoms with Crippen molar-refractivity contribution in [1.82, 2.24) is 4.90 Å². The molecule has 0 saturated carbocycles. The molecule has 0 bridgehead atoms. The molecule has 0 amide bonds. The number of benzene rings is 1. The Hall–Kier alpha value is -0.780. The minimum absolute atomic E-state index is 0.499. The number of nitrogens with zero attached hydrogens (tertiary/aromatic N) is 2. The zero-order valence-electron chi connectivity index (χ0n) is 22.2. The maximum absolute atomic E-state index is 6.10. The number of hydrogen-bond donors (Lipinski definition) is 1. The molecule has 0 aliphatic carbocycles. The van der Waals surface area contributed by atoms with Gasteiger partial charge in [-0.25, -0.2) is 0 Å². The van der Waals surface area contributed by atoms with E-state index in [2.05, 4.69) is 24.1 Å². The highest BCUT2D eigenvalue weighted by Crippen LogP contribution is 2.27. The Balaban J connectivity index is 1.48. The summed E-state index contributed by atoms with van der Waals surface area (Å²) in [6.45, 7) is 6.31. The van der Waals surface area contributed by atoms with Crippen molar-refractivity contribution < 1.29 is 0 Å². The van der Waals surface area contributed by atoms with Gasteiger partial charge in [-0.3, -0.25) is 9.89 Å². The number of amidine groups is 1. The number of hydrogen-bond acceptors (Lipinski definition) is 3. The average molecular weight is 538 g/mol. The molecule has 2 rings (SSSR count). The van der Waals surface area contributed by atoms with Crippen LogP contribution in [-0.4, -0.2) is 33.5 Å². The first kappa shape index (κ1) is 30.4. The lowest BCUT2D eigenvalue weighted by atomic mass is 10.0. The van der Waals surface area contributed by atoms with Crippen LogP contribution in [0.4, 0.5) is 5.69 Å². The number of anilines is 1. The third kappa shape index (κ3) is 13.9. The molecule has 1 saturated heterocycles. The zero-order valence-corrected chi connectivity index (χ0v) is 24.6. The molecule has 1 aromatic carbocycles. The van der Waals surface area contributed by atoms with Crippen molar-refractivity contribution in [3.05, 3.63) is 29.3 Å². The molecule has 1 aromatic rings. The lowest BCUT2D eigenvalue weighted by Crippen LogP contribution is -2.36. The third-order valence-electron chi connectivity index (χ3n) is 6.56. The van der Waals surface area contributed by atoms with E-state index in [1.165, 1.54) is 103 Å². The number of thiocarbonyl (C=S) groups is 1. The molecule has 3 nitrogen and oxygen atoms in total. The summed E-state index contributed by atoms with van der Waals surface area (Å²) in [6, 6.07) is 7.68. The van der Waals surface area contributed by atoms with Crippen molar-refractivity contribution >= 4 is 51.5 Å². The molecule has 0 aromatic heterocycles. The summed E-state index contributed by atoms with van der Waals surface area (Å²) in [5, 5.41) is 6.28. The molecule has 35 heavy (non-hydrogen) atoms. The molecular weight excluding hydrogens is 490 g/mol. The predicted octanol–water partition coefficient (Wildman–Crippen LogP) is 10.1. The quantitative estimate of drug-likeness (QED) is 0.149. The van der Waals surface area contributed by atoms with E-state index in [9.17, 15) is 0 Å². The van der Waals surface area contributed by atoms with Crippen LogP contribution in [0.2, 0.25) is 5.02 Å². The number of thioether (sulfide) groups is 1. The Labute approximate surface area is 230 Å². The van der Waals surface area contributed by atoms with Gasteiger partial charge in [0.05, 0.1) is 0 Å². The van der Waals surface area contributed by atoms with Gasteiger partial charge >= 0.3 is 0 Å². The molecule has 6 heteroatoms. The molecule has 1 heterocycles. The first-order chi connectivity index (χ1) is 17.1. The average Bonchev–Trinajstić information content (AvgIpc) is 3.21. The maximum Gasteiger partial charge on any atom is 0.179 e. The lowest BCUT2D eigenvalue weighted by Gasteiger charge is -2.20. The molecule has 1 aliphatic heterocycles. The summed E-state index contributed by atoms with van der Waals surface area (Å²) < 4.78 is 0. The van der Waals surface area contributed by atoms with Crippen molar-refractivity contribution in [3.63, 3.8) is 0 Å². The highest BCUT2D eigenvalue weighted by molar-refractivity contribution is 8.14. The number of unbranched alkanes of at least 4 members (excludes halogenated alkanes) is 15. The first-order valence-corrected chi connectivity index (χ1v) is 15.8. The highest BCUT2D eigenvalue weighted by atomic mass is 35.5. The van der Waals surface area contributed by atoms with Crippen molar-refractivity contribution in [2.24, 2.45) is 4.99 Å². The van der Waals surface area contributed by atoms with Crippen molar-refractivity contribution in [2.45, 2.75) is 122 Å². The van der Waals surface area contributed by atoms with Crippen LogP contribution in [0.1, 0.15) is 117 Å². The van der Waals surface area contributed by atoms with E-state index in [1.807, 2.05) is 36.0 Å². The zero-order chi connectivity index (χ0) is 25.1. The normalized spacial score (nSPS) is 16.8. The van der Waals surface area contributed by atoms with Crippen molar-refractivity contribution in [2.75, 3.05) is 18.4 Å². The van der Waals surface area contributed by atoms with E-state index >= 15 is 0 Å². The molecular formula is C29H48ClN3S2. The lowest BCUT2D eigenvalue weighted by molar-refractivity contribution is 0.530. The summed E-state index contributed by atoms with van der Waals surface area (Å²) >= 11 is 13.6. The molecule has 1 atom stereocenters. The summed E-state index contributed by atoms with van der Waals surface area (Å²) in [5.41, 5.74) is 0.921. The Morgan fingerprint density at radius 3 is 2.03 bits per heavy atom. The van der Waals surface area contributed by atoms with Crippen LogP contribution in [0.25, 0.3) is 0 Å². The fourth-order valence-electron chi connectivity index (χ4n) is 4.50. The van der Waals surface area contributed by atoms with Gasteiger partial charge in [0, 0.05) is 29.0 Å². The SMILES string of the molecule is CCCCCCCCCCCCCCCCCCN=C1SC(C)CN1C(=S)Nc1cccc(Cl)c1. The molecule has 0 radical (unpaired) electrons. The van der Waals surface area contributed by atoms with Crippen LogP contribution in [0.15, 0.2) is 29.3 Å². The monoisotopic (exact) mass is 537 g/mol. The van der Waals surface area contributed by atoms with Gasteiger partial charge in [0.25, 0.3) is 0 Å². The largest absolute Gasteiger partial charge is 0.332 e. The van der Waals surface area contributed by atoms with Crippen LogP contribution in [0, 0.1) is 0 Å². The Morgan fingerprint density at radius 2 is 1.49 bits per heavy atom. The van der Waals surface area contributed by atoms with Gasteiger partial charge in [-0.2, -0.15) is 0 Å². The molecule has 0 spiro atoms. The van der Waals surface area contributed by atoms with E-state index in [0.29, 0.717) is 15.4 Å². The summed E-state index contributed by atoms with van der Waals surface area (Å²) in [5.74, 6) is 0. The van der Waals surface area contributed by atoms with E-state index in [0.717, 1.165) is 23.9 Å². The number of rotatable bonds is 18. The smallest absolute Gasteiger partial charge is 0.179 e. The number of nitrogens with one attached hydrogen (secondary N) is 1. The van der Waals surface area contributed by atoms with Crippen molar-refractivity contribution in [3.8, 4) is 0 Å². The van der Waals surface area contributed by atoms with Crippen LogP contribution >= 0.6 is 35.6 Å². The van der Waals surface area contributed by atoms with Gasteiger partial charge < -0.3 is 5.32 Å². The topological polar surface area (TPSA) is 27.6 Å². The van der Waals surface area contributed by atoms with E-state index in [-0.39, 0.29) is 0 Å². The molecule has 1 unspecified atom stereocenters. The Bertz CT molecular complexity index is 740. The molecule has 1 fully saturated rings. The van der Waals surface area contributed by atoms with Crippen LogP contribution < -0.4 is 5.32 Å². The van der Waals surface area contributed by atoms with Crippen LogP contribution in [0.5, 0.6) is 0 Å². The van der Waals surface area contributed by atoms with Gasteiger partial charge in [0.15, 0.2) is 10.3 Å². The van der Waals surface area contributed by atoms with E-state index < -0.39 is 0 Å². The van der Waals surface area contributed by atoms with Gasteiger partial charge in [-0.1, -0.05) is 140 Å². The van der Waals surface area contributed by atoms with E-state index in [4.69, 9.17) is 28.8 Å². The number of halogens is 1. The van der Waals surface area contributed by atoms with Crippen LogP contribution in [-0.2, 0) is 0 Å². The minimum Gasteiger partial charge on any atom is -0.332 e. The fraction of sp³-hybridized carbons (Fsp3) is 0.724. The van der Waals surface area contributed by atoms with Gasteiger partial charge in [-0.15, -0.1) is 0 Å². The first-order valence-electron chi connectivity index (χ1n) is 14.2. The second-order valence-corrected chi connectivity index (χ2v) is 12.2. The molecule has 1 aliphatic rings. The fourth-order valence-corrected chi connectivity index (χ4v) is 6.07. The van der Waals surface area contributed by atoms with Gasteiger partial charge in [0.2, 0.25) is 0 Å². The number of aliphatic imine (C=N–C) groups is 1. The second-order valence-electron chi connectivity index (χ2n) is 9.95. The van der Waals surface area contributed by atoms with Gasteiger partial charge in [-0.05, 0) is 36.8 Å². The second kappa shape index (κ2) is 19.3. The predicted molar refractivity (Wildman–Crippen MR) is 163 cm³/mol. The summed E-state index contributed by atoms with van der Waals surface area (Å²) in [4.78, 5) is 7.03. The third-order valence-corrected chi connectivity index (χ3v) is 8.23. The maximum atomic E-state index is 6.10. The summed E-state index contributed by atoms with van der Waals surface area (Å²) in [7, 11) is 0. The van der Waals surface area contributed by atoms with Gasteiger partial charge in [0.1, 0.15) is 0 Å². The van der Waals surface area contributed by atoms with E-state index in [1.54, 1.807) is 0 Å². The van der Waals surface area contributed by atoms with Crippen molar-refractivity contribution in [1.29, 1.82) is 0 Å². The minimum atomic E-state index is 0.499. The molecule has 1 N–H and O–H groups in total. The highest BCUT2D eigenvalue weighted by Gasteiger charge is 2.28. The Morgan fingerprint density at radius 1 is 0.943 bits per heavy atom. The summed E-state index contributed by atoms with van der Waals surface area (Å²) in [6.07, 6.45) is 22.3.